The molecule has 2 nitrogen and oxygen atoms in total. The van der Waals surface area contributed by atoms with Crippen LogP contribution in [0.5, 0.6) is 11.5 Å². The lowest BCUT2D eigenvalue weighted by atomic mass is 10.00. The van der Waals surface area contributed by atoms with Crippen LogP contribution in [0.15, 0.2) is 30.3 Å². The van der Waals surface area contributed by atoms with E-state index in [1.54, 1.807) is 0 Å². The molecule has 2 aromatic carbocycles. The second-order valence-electron chi connectivity index (χ2n) is 8.55. The zero-order valence-electron chi connectivity index (χ0n) is 19.4. The fourth-order valence-electron chi connectivity index (χ4n) is 3.88. The molecule has 0 saturated heterocycles. The quantitative estimate of drug-likeness (QED) is 0.318. The van der Waals surface area contributed by atoms with E-state index in [-0.39, 0.29) is 0 Å². The molecule has 0 amide bonds. The maximum atomic E-state index is 6.36. The Bertz CT molecular complexity index is 722. The van der Waals surface area contributed by atoms with Crippen LogP contribution in [0.2, 0.25) is 0 Å². The number of ether oxygens (including phenoxy) is 2. The molecular formula is C27H42O2. The Labute approximate surface area is 179 Å². The standard InChI is InChI=1S/C27H42O2/c1-6-10-12-22(8-3)19-28-25-16-17-26-24(18-25)15-14-21(5)27(26)29-20-23(9-4)13-11-7-2/h14-18,22-23H,6-13,19-20H2,1-5H3. The van der Waals surface area contributed by atoms with Crippen molar-refractivity contribution in [2.75, 3.05) is 13.2 Å². The lowest BCUT2D eigenvalue weighted by molar-refractivity contribution is 0.233. The molecule has 0 fully saturated rings. The lowest BCUT2D eigenvalue weighted by Gasteiger charge is -2.19. The van der Waals surface area contributed by atoms with E-state index in [1.165, 1.54) is 67.7 Å². The molecule has 2 rings (SSSR count). The Morgan fingerprint density at radius 1 is 0.759 bits per heavy atom. The Hall–Kier alpha value is -1.70. The van der Waals surface area contributed by atoms with Gasteiger partial charge in [0.15, 0.2) is 0 Å². The van der Waals surface area contributed by atoms with Gasteiger partial charge in [-0.1, -0.05) is 78.4 Å². The van der Waals surface area contributed by atoms with Gasteiger partial charge in [0.1, 0.15) is 11.5 Å². The van der Waals surface area contributed by atoms with Gasteiger partial charge >= 0.3 is 0 Å². The smallest absolute Gasteiger partial charge is 0.130 e. The summed E-state index contributed by atoms with van der Waals surface area (Å²) in [6.07, 6.45) is 9.96. The van der Waals surface area contributed by atoms with Gasteiger partial charge in [0.2, 0.25) is 0 Å². The summed E-state index contributed by atoms with van der Waals surface area (Å²) in [7, 11) is 0. The van der Waals surface area contributed by atoms with Gasteiger partial charge in [-0.15, -0.1) is 0 Å². The normalized spacial score (nSPS) is 13.4. The molecule has 0 heterocycles. The van der Waals surface area contributed by atoms with Crippen LogP contribution >= 0.6 is 0 Å². The van der Waals surface area contributed by atoms with Crippen LogP contribution < -0.4 is 9.47 Å². The third-order valence-corrected chi connectivity index (χ3v) is 6.17. The lowest BCUT2D eigenvalue weighted by Crippen LogP contribution is -2.12. The monoisotopic (exact) mass is 398 g/mol. The molecule has 2 aromatic rings. The fourth-order valence-corrected chi connectivity index (χ4v) is 3.88. The van der Waals surface area contributed by atoms with Crippen LogP contribution in [0.3, 0.4) is 0 Å². The molecule has 2 unspecified atom stereocenters. The third kappa shape index (κ3) is 7.24. The van der Waals surface area contributed by atoms with Gasteiger partial charge in [-0.05, 0) is 60.7 Å². The highest BCUT2D eigenvalue weighted by Gasteiger charge is 2.12. The van der Waals surface area contributed by atoms with E-state index < -0.39 is 0 Å². The van der Waals surface area contributed by atoms with Gasteiger partial charge in [0.05, 0.1) is 13.2 Å². The topological polar surface area (TPSA) is 18.5 Å². The first kappa shape index (κ1) is 23.6. The van der Waals surface area contributed by atoms with Gasteiger partial charge in [0, 0.05) is 5.39 Å². The van der Waals surface area contributed by atoms with Crippen molar-refractivity contribution in [3.8, 4) is 11.5 Å². The zero-order valence-corrected chi connectivity index (χ0v) is 19.4. The van der Waals surface area contributed by atoms with Crippen LogP contribution in [0.1, 0.15) is 84.6 Å². The molecule has 29 heavy (non-hydrogen) atoms. The maximum Gasteiger partial charge on any atom is 0.130 e. The fraction of sp³-hybridized carbons (Fsp3) is 0.630. The molecule has 0 N–H and O–H groups in total. The minimum Gasteiger partial charge on any atom is -0.493 e. The molecule has 0 aliphatic carbocycles. The number of aryl methyl sites for hydroxylation is 1. The number of hydrogen-bond donors (Lipinski definition) is 0. The Morgan fingerprint density at radius 2 is 1.38 bits per heavy atom. The van der Waals surface area contributed by atoms with Crippen LogP contribution in [0.4, 0.5) is 0 Å². The Morgan fingerprint density at radius 3 is 1.97 bits per heavy atom. The van der Waals surface area contributed by atoms with E-state index >= 15 is 0 Å². The highest BCUT2D eigenvalue weighted by molar-refractivity contribution is 5.90. The van der Waals surface area contributed by atoms with E-state index in [1.807, 2.05) is 0 Å². The molecule has 0 aromatic heterocycles. The van der Waals surface area contributed by atoms with Crippen molar-refractivity contribution in [2.45, 2.75) is 86.0 Å². The highest BCUT2D eigenvalue weighted by atomic mass is 16.5. The van der Waals surface area contributed by atoms with Crippen LogP contribution in [0, 0.1) is 18.8 Å². The summed E-state index contributed by atoms with van der Waals surface area (Å²) in [6, 6.07) is 10.8. The summed E-state index contributed by atoms with van der Waals surface area (Å²) in [4.78, 5) is 0. The molecule has 0 bridgehead atoms. The maximum absolute atomic E-state index is 6.36. The zero-order chi connectivity index (χ0) is 21.1. The average molecular weight is 399 g/mol. The Balaban J connectivity index is 2.08. The SMILES string of the molecule is CCCCC(CC)COc1ccc2c(OCC(CC)CCCC)c(C)ccc2c1. The molecular weight excluding hydrogens is 356 g/mol. The molecule has 2 heteroatoms. The minimum atomic E-state index is 0.640. The molecule has 0 aliphatic heterocycles. The van der Waals surface area contributed by atoms with Gasteiger partial charge in [-0.3, -0.25) is 0 Å². The summed E-state index contributed by atoms with van der Waals surface area (Å²) >= 11 is 0. The van der Waals surface area contributed by atoms with E-state index in [4.69, 9.17) is 9.47 Å². The third-order valence-electron chi connectivity index (χ3n) is 6.17. The van der Waals surface area contributed by atoms with Crippen LogP contribution in [-0.4, -0.2) is 13.2 Å². The Kier molecular flexibility index (Phi) is 10.4. The van der Waals surface area contributed by atoms with Crippen molar-refractivity contribution in [1.29, 1.82) is 0 Å². The van der Waals surface area contributed by atoms with Crippen molar-refractivity contribution < 1.29 is 9.47 Å². The summed E-state index contributed by atoms with van der Waals surface area (Å²) in [5.74, 6) is 3.30. The molecule has 162 valence electrons. The number of fused-ring (bicyclic) bond motifs is 1. The van der Waals surface area contributed by atoms with Gasteiger partial charge in [-0.25, -0.2) is 0 Å². The number of rotatable bonds is 14. The minimum absolute atomic E-state index is 0.640. The van der Waals surface area contributed by atoms with Crippen molar-refractivity contribution in [2.24, 2.45) is 11.8 Å². The predicted octanol–water partition coefficient (Wildman–Crippen LogP) is 8.34. The van der Waals surface area contributed by atoms with Crippen molar-refractivity contribution >= 4 is 10.8 Å². The van der Waals surface area contributed by atoms with Crippen molar-refractivity contribution in [3.63, 3.8) is 0 Å². The highest BCUT2D eigenvalue weighted by Crippen LogP contribution is 2.33. The average Bonchev–Trinajstić information content (AvgIpc) is 2.75. The molecule has 0 aliphatic rings. The first-order valence-electron chi connectivity index (χ1n) is 11.9. The molecule has 2 atom stereocenters. The van der Waals surface area contributed by atoms with Gasteiger partial charge < -0.3 is 9.47 Å². The van der Waals surface area contributed by atoms with Gasteiger partial charge in [-0.2, -0.15) is 0 Å². The predicted molar refractivity (Wildman–Crippen MR) is 126 cm³/mol. The summed E-state index contributed by atoms with van der Waals surface area (Å²) in [5, 5.41) is 2.40. The second-order valence-corrected chi connectivity index (χ2v) is 8.55. The molecule has 0 saturated carbocycles. The number of hydrogen-bond acceptors (Lipinski definition) is 2. The summed E-state index contributed by atoms with van der Waals surface area (Å²) in [5.41, 5.74) is 1.21. The van der Waals surface area contributed by atoms with Crippen molar-refractivity contribution in [3.05, 3.63) is 35.9 Å². The summed E-state index contributed by atoms with van der Waals surface area (Å²) < 4.78 is 12.5. The summed E-state index contributed by atoms with van der Waals surface area (Å²) in [6.45, 7) is 12.8. The van der Waals surface area contributed by atoms with Gasteiger partial charge in [0.25, 0.3) is 0 Å². The molecule has 0 spiro atoms. The number of benzene rings is 2. The van der Waals surface area contributed by atoms with Crippen molar-refractivity contribution in [1.82, 2.24) is 0 Å². The van der Waals surface area contributed by atoms with Crippen LogP contribution in [-0.2, 0) is 0 Å². The van der Waals surface area contributed by atoms with E-state index in [0.29, 0.717) is 11.8 Å². The van der Waals surface area contributed by atoms with E-state index in [9.17, 15) is 0 Å². The number of unbranched alkanes of at least 4 members (excludes halogenated alkanes) is 2. The first-order chi connectivity index (χ1) is 14.1. The largest absolute Gasteiger partial charge is 0.493 e. The first-order valence-corrected chi connectivity index (χ1v) is 11.9. The molecule has 0 radical (unpaired) electrons. The van der Waals surface area contributed by atoms with E-state index in [2.05, 4.69) is 65.0 Å². The van der Waals surface area contributed by atoms with E-state index in [0.717, 1.165) is 24.7 Å². The second kappa shape index (κ2) is 12.8. The van der Waals surface area contributed by atoms with Crippen LogP contribution in [0.25, 0.3) is 10.8 Å².